The van der Waals surface area contributed by atoms with Crippen LogP contribution in [0.3, 0.4) is 0 Å². The molecule has 5 heteroatoms. The van der Waals surface area contributed by atoms with Crippen LogP contribution in [0, 0.1) is 5.41 Å². The van der Waals surface area contributed by atoms with Crippen LogP contribution in [0.1, 0.15) is 11.1 Å². The Hall–Kier alpha value is -1.72. The summed E-state index contributed by atoms with van der Waals surface area (Å²) < 4.78 is 0. The Kier molecular flexibility index (Phi) is 5.90. The molecule has 0 aliphatic carbocycles. The first-order valence-electron chi connectivity index (χ1n) is 6.53. The largest absolute Gasteiger partial charge is 0.297 e. The first kappa shape index (κ1) is 15.7. The van der Waals surface area contributed by atoms with Crippen LogP contribution in [0.25, 0.3) is 0 Å². The number of nitrogens with one attached hydrogen (secondary N) is 1. The zero-order chi connectivity index (χ0) is 15.1. The van der Waals surface area contributed by atoms with Crippen molar-refractivity contribution in [3.8, 4) is 0 Å². The van der Waals surface area contributed by atoms with E-state index < -0.39 is 0 Å². The topological polar surface area (TPSA) is 39.5 Å². The summed E-state index contributed by atoms with van der Waals surface area (Å²) in [5.74, 6) is 0. The molecule has 0 amide bonds. The normalized spacial score (nSPS) is 11.2. The molecule has 0 fully saturated rings. The SMILES string of the molecule is N=C(S)N(Cc1ccccc1)C(S)=NCc1ccccc1. The van der Waals surface area contributed by atoms with Crippen molar-refractivity contribution < 1.29 is 0 Å². The second kappa shape index (κ2) is 7.90. The Morgan fingerprint density at radius 3 is 1.95 bits per heavy atom. The van der Waals surface area contributed by atoms with Crippen LogP contribution in [-0.2, 0) is 13.1 Å². The lowest BCUT2D eigenvalue weighted by Gasteiger charge is -2.21. The van der Waals surface area contributed by atoms with E-state index in [-0.39, 0.29) is 5.17 Å². The number of hydrogen-bond acceptors (Lipinski definition) is 2. The minimum atomic E-state index is 0.126. The maximum atomic E-state index is 7.77. The molecule has 0 bridgehead atoms. The Balaban J connectivity index is 2.08. The van der Waals surface area contributed by atoms with Crippen molar-refractivity contribution in [1.29, 1.82) is 5.41 Å². The van der Waals surface area contributed by atoms with Crippen LogP contribution < -0.4 is 0 Å². The van der Waals surface area contributed by atoms with E-state index in [9.17, 15) is 0 Å². The van der Waals surface area contributed by atoms with Crippen LogP contribution in [0.15, 0.2) is 65.7 Å². The van der Waals surface area contributed by atoms with E-state index in [0.29, 0.717) is 18.3 Å². The molecule has 21 heavy (non-hydrogen) atoms. The van der Waals surface area contributed by atoms with Crippen molar-refractivity contribution in [3.05, 3.63) is 71.8 Å². The van der Waals surface area contributed by atoms with Gasteiger partial charge in [0.05, 0.1) is 13.1 Å². The summed E-state index contributed by atoms with van der Waals surface area (Å²) in [5.41, 5.74) is 2.19. The fraction of sp³-hybridized carbons (Fsp3) is 0.125. The van der Waals surface area contributed by atoms with Gasteiger partial charge in [0.25, 0.3) is 0 Å². The average molecular weight is 315 g/mol. The lowest BCUT2D eigenvalue weighted by Crippen LogP contribution is -2.30. The number of hydrogen-bond donors (Lipinski definition) is 3. The summed E-state index contributed by atoms with van der Waals surface area (Å²) in [4.78, 5) is 6.09. The highest BCUT2D eigenvalue weighted by atomic mass is 32.1. The van der Waals surface area contributed by atoms with Crippen LogP contribution in [-0.4, -0.2) is 15.2 Å². The number of rotatable bonds is 4. The molecule has 0 aromatic heterocycles. The molecule has 0 atom stereocenters. The van der Waals surface area contributed by atoms with Crippen LogP contribution in [0.4, 0.5) is 0 Å². The molecule has 2 aromatic rings. The maximum Gasteiger partial charge on any atom is 0.162 e. The van der Waals surface area contributed by atoms with Crippen molar-refractivity contribution in [1.82, 2.24) is 4.90 Å². The van der Waals surface area contributed by atoms with Gasteiger partial charge in [0.15, 0.2) is 10.3 Å². The number of thiol groups is 2. The zero-order valence-corrected chi connectivity index (χ0v) is 13.3. The summed E-state index contributed by atoms with van der Waals surface area (Å²) in [5, 5.41) is 8.39. The predicted octanol–water partition coefficient (Wildman–Crippen LogP) is 3.84. The first-order chi connectivity index (χ1) is 10.2. The molecule has 0 unspecified atom stereocenters. The van der Waals surface area contributed by atoms with E-state index in [1.54, 1.807) is 4.90 Å². The third kappa shape index (κ3) is 4.95. The first-order valence-corrected chi connectivity index (χ1v) is 7.42. The molecule has 0 heterocycles. The van der Waals surface area contributed by atoms with E-state index in [1.807, 2.05) is 60.7 Å². The Labute approximate surface area is 136 Å². The zero-order valence-electron chi connectivity index (χ0n) is 11.5. The molecule has 2 rings (SSSR count). The van der Waals surface area contributed by atoms with Gasteiger partial charge in [0.1, 0.15) is 0 Å². The second-order valence-corrected chi connectivity index (χ2v) is 5.32. The molecule has 0 aliphatic heterocycles. The standard InChI is InChI=1S/C16H17N3S2/c17-15(20)19(12-14-9-5-2-6-10-14)16(21)18-11-13-7-3-1-4-8-13/h1-10H,11-12H2,(H2,17,20)(H,18,21). The van der Waals surface area contributed by atoms with Gasteiger partial charge in [-0.2, -0.15) is 0 Å². The van der Waals surface area contributed by atoms with Gasteiger partial charge in [-0.1, -0.05) is 60.7 Å². The molecule has 0 aliphatic rings. The Morgan fingerprint density at radius 2 is 1.43 bits per heavy atom. The highest BCUT2D eigenvalue weighted by molar-refractivity contribution is 7.98. The Morgan fingerprint density at radius 1 is 0.905 bits per heavy atom. The molecule has 108 valence electrons. The van der Waals surface area contributed by atoms with Crippen molar-refractivity contribution in [2.45, 2.75) is 13.1 Å². The number of aliphatic imine (C=N–C) groups is 1. The minimum absolute atomic E-state index is 0.126. The molecule has 2 aromatic carbocycles. The summed E-state index contributed by atoms with van der Waals surface area (Å²) in [6.45, 7) is 1.06. The van der Waals surface area contributed by atoms with Gasteiger partial charge in [0.2, 0.25) is 0 Å². The van der Waals surface area contributed by atoms with Gasteiger partial charge in [-0.05, 0) is 11.1 Å². The lowest BCUT2D eigenvalue weighted by molar-refractivity contribution is 0.620. The van der Waals surface area contributed by atoms with E-state index >= 15 is 0 Å². The van der Waals surface area contributed by atoms with Gasteiger partial charge >= 0.3 is 0 Å². The molecule has 1 N–H and O–H groups in total. The van der Waals surface area contributed by atoms with Crippen LogP contribution >= 0.6 is 25.3 Å². The quantitative estimate of drug-likeness (QED) is 0.448. The lowest BCUT2D eigenvalue weighted by atomic mass is 10.2. The number of nitrogens with zero attached hydrogens (tertiary/aromatic N) is 2. The predicted molar refractivity (Wildman–Crippen MR) is 95.3 cm³/mol. The number of amidine groups is 2. The van der Waals surface area contributed by atoms with Crippen molar-refractivity contribution in [3.63, 3.8) is 0 Å². The molecule has 0 radical (unpaired) electrons. The fourth-order valence-corrected chi connectivity index (χ4v) is 2.32. The molecular formula is C16H17N3S2. The van der Waals surface area contributed by atoms with E-state index in [2.05, 4.69) is 30.2 Å². The van der Waals surface area contributed by atoms with Crippen molar-refractivity contribution in [2.75, 3.05) is 0 Å². The smallest absolute Gasteiger partial charge is 0.162 e. The highest BCUT2D eigenvalue weighted by Crippen LogP contribution is 2.11. The van der Waals surface area contributed by atoms with Crippen molar-refractivity contribution in [2.24, 2.45) is 4.99 Å². The van der Waals surface area contributed by atoms with E-state index in [0.717, 1.165) is 11.1 Å². The molecular weight excluding hydrogens is 298 g/mol. The third-order valence-electron chi connectivity index (χ3n) is 2.93. The summed E-state index contributed by atoms with van der Waals surface area (Å²) in [7, 11) is 0. The summed E-state index contributed by atoms with van der Waals surface area (Å²) >= 11 is 8.53. The molecule has 0 spiro atoms. The maximum absolute atomic E-state index is 7.77. The van der Waals surface area contributed by atoms with Crippen LogP contribution in [0.2, 0.25) is 0 Å². The van der Waals surface area contributed by atoms with E-state index in [4.69, 9.17) is 5.41 Å². The molecule has 0 saturated carbocycles. The van der Waals surface area contributed by atoms with Crippen molar-refractivity contribution >= 4 is 35.6 Å². The summed E-state index contributed by atoms with van der Waals surface area (Å²) in [6, 6.07) is 19.9. The molecule has 3 nitrogen and oxygen atoms in total. The minimum Gasteiger partial charge on any atom is -0.297 e. The van der Waals surface area contributed by atoms with E-state index in [1.165, 1.54) is 0 Å². The monoisotopic (exact) mass is 315 g/mol. The van der Waals surface area contributed by atoms with Gasteiger partial charge in [0, 0.05) is 0 Å². The number of benzene rings is 2. The molecule has 0 saturated heterocycles. The van der Waals surface area contributed by atoms with Gasteiger partial charge in [-0.15, -0.1) is 25.3 Å². The van der Waals surface area contributed by atoms with Gasteiger partial charge in [-0.3, -0.25) is 15.3 Å². The highest BCUT2D eigenvalue weighted by Gasteiger charge is 2.11. The Bertz CT molecular complexity index is 612. The van der Waals surface area contributed by atoms with Gasteiger partial charge < -0.3 is 0 Å². The summed E-state index contributed by atoms with van der Waals surface area (Å²) in [6.07, 6.45) is 0. The van der Waals surface area contributed by atoms with Gasteiger partial charge in [-0.25, -0.2) is 0 Å². The van der Waals surface area contributed by atoms with Crippen LogP contribution in [0.5, 0.6) is 0 Å². The third-order valence-corrected chi connectivity index (χ3v) is 3.55. The second-order valence-electron chi connectivity index (χ2n) is 4.50. The fourth-order valence-electron chi connectivity index (χ4n) is 1.84. The average Bonchev–Trinajstić information content (AvgIpc) is 2.52.